The first-order valence-corrected chi connectivity index (χ1v) is 7.50. The molecule has 5 nitrogen and oxygen atoms in total. The first-order chi connectivity index (χ1) is 10.7. The third-order valence-electron chi connectivity index (χ3n) is 3.32. The van der Waals surface area contributed by atoms with Gasteiger partial charge in [-0.3, -0.25) is 5.43 Å². The van der Waals surface area contributed by atoms with Crippen molar-refractivity contribution in [3.05, 3.63) is 35.4 Å². The average Bonchev–Trinajstić information content (AvgIpc) is 2.51. The van der Waals surface area contributed by atoms with Gasteiger partial charge in [-0.25, -0.2) is 8.78 Å². The van der Waals surface area contributed by atoms with E-state index < -0.39 is 11.6 Å². The highest BCUT2D eigenvalue weighted by molar-refractivity contribution is 7.80. The molecule has 0 amide bonds. The fourth-order valence-electron chi connectivity index (χ4n) is 2.09. The molecule has 0 spiro atoms. The van der Waals surface area contributed by atoms with Crippen molar-refractivity contribution >= 4 is 23.5 Å². The van der Waals surface area contributed by atoms with Crippen molar-refractivity contribution in [1.29, 1.82) is 0 Å². The monoisotopic (exact) mass is 329 g/mol. The molecule has 1 aromatic carbocycles. The van der Waals surface area contributed by atoms with Gasteiger partial charge in [-0.2, -0.15) is 5.10 Å². The lowest BCUT2D eigenvalue weighted by Crippen LogP contribution is -3.14. The molecule has 8 heteroatoms. The van der Waals surface area contributed by atoms with Crippen LogP contribution in [0, 0.1) is 11.6 Å². The van der Waals surface area contributed by atoms with Gasteiger partial charge in [-0.15, -0.1) is 0 Å². The number of benzene rings is 1. The first-order valence-electron chi connectivity index (χ1n) is 7.09. The van der Waals surface area contributed by atoms with Crippen LogP contribution in [0.4, 0.5) is 8.78 Å². The number of nitrogens with zero attached hydrogens (tertiary/aromatic N) is 1. The summed E-state index contributed by atoms with van der Waals surface area (Å²) in [6.07, 6.45) is 1.08. The van der Waals surface area contributed by atoms with Crippen molar-refractivity contribution in [2.24, 2.45) is 5.10 Å². The number of rotatable bonds is 5. The number of hydrogen-bond acceptors (Lipinski definition) is 3. The van der Waals surface area contributed by atoms with Gasteiger partial charge in [0.15, 0.2) is 5.11 Å². The van der Waals surface area contributed by atoms with E-state index in [1.54, 1.807) is 0 Å². The standard InChI is InChI=1S/C14H18F2N4OS/c15-12-2-1-3-13(16)11(12)10-18-19-14(22)17-4-5-20-6-8-21-9-7-20/h1-3,10H,4-9H2,(H2,17,19,22)/p+1/b18-10-. The van der Waals surface area contributed by atoms with E-state index in [2.05, 4.69) is 15.8 Å². The number of nitrogens with one attached hydrogen (secondary N) is 3. The normalized spacial score (nSPS) is 15.9. The molecular weight excluding hydrogens is 310 g/mol. The second kappa shape index (κ2) is 8.72. The first kappa shape index (κ1) is 16.7. The molecule has 120 valence electrons. The smallest absolute Gasteiger partial charge is 0.187 e. The Morgan fingerprint density at radius 3 is 2.68 bits per heavy atom. The summed E-state index contributed by atoms with van der Waals surface area (Å²) in [7, 11) is 0. The Labute approximate surface area is 133 Å². The van der Waals surface area contributed by atoms with Gasteiger partial charge in [0.1, 0.15) is 24.7 Å². The summed E-state index contributed by atoms with van der Waals surface area (Å²) < 4.78 is 32.0. The molecule has 1 fully saturated rings. The molecule has 3 N–H and O–H groups in total. The SMILES string of the molecule is Fc1cccc(F)c1/C=N\NC(=S)NCC[NH+]1CCOCC1. The number of thiocarbonyl (C=S) groups is 1. The largest absolute Gasteiger partial charge is 0.370 e. The average molecular weight is 329 g/mol. The lowest BCUT2D eigenvalue weighted by atomic mass is 10.2. The van der Waals surface area contributed by atoms with Crippen molar-refractivity contribution < 1.29 is 18.4 Å². The van der Waals surface area contributed by atoms with Gasteiger partial charge in [0.05, 0.1) is 38.1 Å². The summed E-state index contributed by atoms with van der Waals surface area (Å²) in [5.41, 5.74) is 2.35. The van der Waals surface area contributed by atoms with Crippen molar-refractivity contribution in [2.45, 2.75) is 0 Å². The molecular formula is C14H19F2N4OS+. The Kier molecular flexibility index (Phi) is 6.63. The van der Waals surface area contributed by atoms with E-state index in [-0.39, 0.29) is 5.56 Å². The molecule has 1 aliphatic heterocycles. The van der Waals surface area contributed by atoms with Crippen molar-refractivity contribution in [2.75, 3.05) is 39.4 Å². The maximum atomic E-state index is 13.4. The van der Waals surface area contributed by atoms with Crippen LogP contribution in [-0.2, 0) is 4.74 Å². The van der Waals surface area contributed by atoms with Gasteiger partial charge in [-0.05, 0) is 24.4 Å². The Bertz CT molecular complexity index is 515. The molecule has 0 aliphatic carbocycles. The van der Waals surface area contributed by atoms with E-state index in [0.717, 1.165) is 39.1 Å². The zero-order chi connectivity index (χ0) is 15.8. The van der Waals surface area contributed by atoms with E-state index in [1.807, 2.05) is 0 Å². The second-order valence-electron chi connectivity index (χ2n) is 4.87. The molecule has 0 aromatic heterocycles. The van der Waals surface area contributed by atoms with Gasteiger partial charge in [0, 0.05) is 0 Å². The molecule has 1 heterocycles. The van der Waals surface area contributed by atoms with Crippen LogP contribution in [0.15, 0.2) is 23.3 Å². The summed E-state index contributed by atoms with van der Waals surface area (Å²) >= 11 is 5.04. The predicted molar refractivity (Wildman–Crippen MR) is 84.1 cm³/mol. The van der Waals surface area contributed by atoms with E-state index in [9.17, 15) is 8.78 Å². The van der Waals surface area contributed by atoms with E-state index in [0.29, 0.717) is 11.7 Å². The molecule has 0 bridgehead atoms. The molecule has 0 unspecified atom stereocenters. The summed E-state index contributed by atoms with van der Waals surface area (Å²) in [6, 6.07) is 3.65. The molecule has 22 heavy (non-hydrogen) atoms. The van der Waals surface area contributed by atoms with Crippen molar-refractivity contribution in [3.63, 3.8) is 0 Å². The fraction of sp³-hybridized carbons (Fsp3) is 0.429. The van der Waals surface area contributed by atoms with E-state index >= 15 is 0 Å². The van der Waals surface area contributed by atoms with Crippen LogP contribution in [-0.4, -0.2) is 50.7 Å². The lowest BCUT2D eigenvalue weighted by molar-refractivity contribution is -0.906. The molecule has 0 radical (unpaired) electrons. The maximum Gasteiger partial charge on any atom is 0.187 e. The Balaban J connectivity index is 1.70. The second-order valence-corrected chi connectivity index (χ2v) is 5.28. The van der Waals surface area contributed by atoms with Gasteiger partial charge in [0.25, 0.3) is 0 Å². The molecule has 2 rings (SSSR count). The fourth-order valence-corrected chi connectivity index (χ4v) is 2.25. The van der Waals surface area contributed by atoms with Crippen LogP contribution in [0.2, 0.25) is 0 Å². The highest BCUT2D eigenvalue weighted by Crippen LogP contribution is 2.08. The highest BCUT2D eigenvalue weighted by Gasteiger charge is 2.12. The van der Waals surface area contributed by atoms with Crippen LogP contribution in [0.1, 0.15) is 5.56 Å². The van der Waals surface area contributed by atoms with Crippen LogP contribution in [0.3, 0.4) is 0 Å². The zero-order valence-corrected chi connectivity index (χ0v) is 12.9. The van der Waals surface area contributed by atoms with Crippen LogP contribution >= 0.6 is 12.2 Å². The molecule has 0 saturated carbocycles. The van der Waals surface area contributed by atoms with E-state index in [4.69, 9.17) is 17.0 Å². The Morgan fingerprint density at radius 1 is 1.32 bits per heavy atom. The highest BCUT2D eigenvalue weighted by atomic mass is 32.1. The quantitative estimate of drug-likeness (QED) is 0.394. The third-order valence-corrected chi connectivity index (χ3v) is 3.56. The number of quaternary nitrogens is 1. The molecule has 1 saturated heterocycles. The number of morpholine rings is 1. The van der Waals surface area contributed by atoms with Gasteiger partial charge in [-0.1, -0.05) is 6.07 Å². The summed E-state index contributed by atoms with van der Waals surface area (Å²) in [6.45, 7) is 5.19. The molecule has 1 aliphatic rings. The number of hydrogen-bond donors (Lipinski definition) is 3. The third kappa shape index (κ3) is 5.28. The molecule has 0 atom stereocenters. The Hall–Kier alpha value is -1.64. The van der Waals surface area contributed by atoms with Gasteiger partial charge in [0.2, 0.25) is 0 Å². The minimum Gasteiger partial charge on any atom is -0.370 e. The summed E-state index contributed by atoms with van der Waals surface area (Å²) in [5, 5.41) is 7.07. The number of hydrazone groups is 1. The predicted octanol–water partition coefficient (Wildman–Crippen LogP) is -0.322. The van der Waals surface area contributed by atoms with Crippen LogP contribution in [0.25, 0.3) is 0 Å². The minimum absolute atomic E-state index is 0.199. The minimum atomic E-state index is -0.666. The molecule has 1 aromatic rings. The summed E-state index contributed by atoms with van der Waals surface area (Å²) in [5.74, 6) is -1.33. The number of halogens is 2. The van der Waals surface area contributed by atoms with E-state index in [1.165, 1.54) is 23.1 Å². The van der Waals surface area contributed by atoms with Gasteiger partial charge >= 0.3 is 0 Å². The maximum absolute atomic E-state index is 13.4. The van der Waals surface area contributed by atoms with Crippen LogP contribution in [0.5, 0.6) is 0 Å². The van der Waals surface area contributed by atoms with Gasteiger partial charge < -0.3 is 15.0 Å². The number of ether oxygens (including phenoxy) is 1. The zero-order valence-electron chi connectivity index (χ0n) is 12.1. The van der Waals surface area contributed by atoms with Crippen LogP contribution < -0.4 is 15.6 Å². The topological polar surface area (TPSA) is 50.1 Å². The van der Waals surface area contributed by atoms with Crippen molar-refractivity contribution in [3.8, 4) is 0 Å². The lowest BCUT2D eigenvalue weighted by Gasteiger charge is -2.23. The summed E-state index contributed by atoms with van der Waals surface area (Å²) in [4.78, 5) is 1.46. The Morgan fingerprint density at radius 2 is 2.00 bits per heavy atom. The van der Waals surface area contributed by atoms with Crippen molar-refractivity contribution in [1.82, 2.24) is 10.7 Å².